The highest BCUT2D eigenvalue weighted by atomic mass is 16.5. The van der Waals surface area contributed by atoms with Crippen molar-refractivity contribution in [2.45, 2.75) is 6.92 Å². The molecule has 0 aliphatic carbocycles. The Kier molecular flexibility index (Phi) is 4.87. The van der Waals surface area contributed by atoms with Gasteiger partial charge in [0.15, 0.2) is 0 Å². The van der Waals surface area contributed by atoms with Gasteiger partial charge in [-0.1, -0.05) is 0 Å². The molecule has 0 bridgehead atoms. The maximum atomic E-state index is 13.2. The molecule has 0 unspecified atom stereocenters. The van der Waals surface area contributed by atoms with E-state index in [0.29, 0.717) is 30.2 Å². The maximum Gasteiger partial charge on any atom is 0.214 e. The lowest BCUT2D eigenvalue weighted by Crippen LogP contribution is -2.07. The number of H-pyrrole nitrogens is 2. The molecule has 0 saturated carbocycles. The van der Waals surface area contributed by atoms with Crippen LogP contribution in [0.1, 0.15) is 21.9 Å². The van der Waals surface area contributed by atoms with Crippen molar-refractivity contribution in [3.8, 4) is 11.4 Å². The number of aryl methyl sites for hydroxylation is 1. The third kappa shape index (κ3) is 3.48. The first-order valence-corrected chi connectivity index (χ1v) is 10.1. The molecule has 0 radical (unpaired) electrons. The summed E-state index contributed by atoms with van der Waals surface area (Å²) in [7, 11) is 1.63. The average Bonchev–Trinajstić information content (AvgIpc) is 3.48. The number of nitrogens with one attached hydrogen (secondary N) is 2. The van der Waals surface area contributed by atoms with Crippen LogP contribution in [-0.4, -0.2) is 50.8 Å². The summed E-state index contributed by atoms with van der Waals surface area (Å²) in [4.78, 5) is 23.9. The second-order valence-corrected chi connectivity index (χ2v) is 7.48. The molecule has 0 amide bonds. The lowest BCUT2D eigenvalue weighted by molar-refractivity contribution is 0.103. The molecule has 5 rings (SSSR count). The molecule has 162 valence electrons. The summed E-state index contributed by atoms with van der Waals surface area (Å²) in [5.74, 6) is 1.57. The fourth-order valence-corrected chi connectivity index (χ4v) is 3.70. The monoisotopic (exact) mass is 430 g/mol. The number of imidazole rings is 1. The number of methoxy groups -OCH3 is 1. The van der Waals surface area contributed by atoms with Crippen molar-refractivity contribution in [1.29, 1.82) is 0 Å². The maximum absolute atomic E-state index is 13.2. The molecule has 0 aliphatic rings. The molecule has 4 N–H and O–H groups in total. The molecule has 0 spiro atoms. The van der Waals surface area contributed by atoms with E-state index >= 15 is 0 Å². The van der Waals surface area contributed by atoms with Crippen molar-refractivity contribution in [1.82, 2.24) is 24.7 Å². The van der Waals surface area contributed by atoms with Crippen LogP contribution < -0.4 is 10.5 Å². The van der Waals surface area contributed by atoms with Crippen LogP contribution >= 0.6 is 0 Å². The molecule has 0 aliphatic heterocycles. The number of fused-ring (bicyclic) bond motifs is 2. The number of nitrogen functional groups attached to an aromatic ring is 1. The van der Waals surface area contributed by atoms with E-state index in [2.05, 4.69) is 20.1 Å². The van der Waals surface area contributed by atoms with Crippen LogP contribution in [-0.2, 0) is 4.74 Å². The number of ether oxygens (including phenoxy) is 2. The molecule has 5 aromatic rings. The molecular weight excluding hydrogens is 408 g/mol. The Bertz CT molecular complexity index is 1450. The largest absolute Gasteiger partial charge is 0.491 e. The van der Waals surface area contributed by atoms with E-state index in [0.717, 1.165) is 33.4 Å². The number of hydrogen-bond acceptors (Lipinski definition) is 6. The molecule has 0 fully saturated rings. The van der Waals surface area contributed by atoms with Gasteiger partial charge >= 0.3 is 0 Å². The van der Waals surface area contributed by atoms with E-state index in [9.17, 15) is 4.79 Å². The van der Waals surface area contributed by atoms with Gasteiger partial charge in [-0.3, -0.25) is 4.79 Å². The Hall–Kier alpha value is -4.11. The van der Waals surface area contributed by atoms with Gasteiger partial charge < -0.3 is 25.2 Å². The quantitative estimate of drug-likeness (QED) is 0.269. The number of nitrogens with zero attached hydrogens (tertiary/aromatic N) is 3. The molecule has 0 atom stereocenters. The predicted octanol–water partition coefficient (Wildman–Crippen LogP) is 3.38. The lowest BCUT2D eigenvalue weighted by Gasteiger charge is -2.05. The van der Waals surface area contributed by atoms with Crippen molar-refractivity contribution >= 4 is 33.5 Å². The number of benzene rings is 2. The van der Waals surface area contributed by atoms with E-state index in [1.54, 1.807) is 17.9 Å². The highest BCUT2D eigenvalue weighted by Gasteiger charge is 2.20. The van der Waals surface area contributed by atoms with Gasteiger partial charge in [-0.05, 0) is 49.4 Å². The first-order chi connectivity index (χ1) is 15.5. The number of anilines is 1. The van der Waals surface area contributed by atoms with E-state index in [4.69, 9.17) is 15.2 Å². The van der Waals surface area contributed by atoms with E-state index in [-0.39, 0.29) is 11.6 Å². The summed E-state index contributed by atoms with van der Waals surface area (Å²) in [6, 6.07) is 13.1. The van der Waals surface area contributed by atoms with Crippen LogP contribution in [0.3, 0.4) is 0 Å². The Morgan fingerprint density at radius 2 is 1.94 bits per heavy atom. The van der Waals surface area contributed by atoms with Crippen LogP contribution in [0.2, 0.25) is 0 Å². The van der Waals surface area contributed by atoms with Crippen LogP contribution in [0.4, 0.5) is 5.82 Å². The van der Waals surface area contributed by atoms with Gasteiger partial charge in [0.05, 0.1) is 40.8 Å². The van der Waals surface area contributed by atoms with Crippen molar-refractivity contribution in [2.24, 2.45) is 0 Å². The summed E-state index contributed by atoms with van der Waals surface area (Å²) < 4.78 is 12.2. The Balaban J connectivity index is 1.44. The molecule has 2 aromatic carbocycles. The fraction of sp³-hybridized carbons (Fsp3) is 0.174. The Labute approximate surface area is 183 Å². The topological polar surface area (TPSA) is 124 Å². The van der Waals surface area contributed by atoms with Crippen molar-refractivity contribution in [3.63, 3.8) is 0 Å². The minimum absolute atomic E-state index is 0.233. The molecule has 3 aromatic heterocycles. The highest BCUT2D eigenvalue weighted by Crippen LogP contribution is 2.26. The number of carbonyl (C=O) groups is 1. The molecule has 9 heteroatoms. The second-order valence-electron chi connectivity index (χ2n) is 7.48. The highest BCUT2D eigenvalue weighted by molar-refractivity contribution is 6.12. The summed E-state index contributed by atoms with van der Waals surface area (Å²) in [5, 5.41) is 5.21. The number of rotatable bonds is 7. The van der Waals surface area contributed by atoms with Crippen molar-refractivity contribution < 1.29 is 14.3 Å². The zero-order chi connectivity index (χ0) is 22.2. The van der Waals surface area contributed by atoms with Gasteiger partial charge in [0.25, 0.3) is 0 Å². The third-order valence-corrected chi connectivity index (χ3v) is 5.27. The molecule has 3 heterocycles. The SMILES string of the molecule is COCCOc1ccc2[nH]c(C(=O)c3cnn(-c4ccc5[nH]c(C)nc5c4)c3N)cc2c1. The number of aromatic amines is 2. The number of hydrogen-bond donors (Lipinski definition) is 3. The first kappa shape index (κ1) is 19.8. The Morgan fingerprint density at radius 3 is 2.78 bits per heavy atom. The lowest BCUT2D eigenvalue weighted by atomic mass is 10.1. The third-order valence-electron chi connectivity index (χ3n) is 5.27. The molecular formula is C23H22N6O3. The predicted molar refractivity (Wildman–Crippen MR) is 121 cm³/mol. The van der Waals surface area contributed by atoms with E-state index in [1.165, 1.54) is 6.20 Å². The zero-order valence-electron chi connectivity index (χ0n) is 17.7. The van der Waals surface area contributed by atoms with Gasteiger partial charge in [0.1, 0.15) is 24.0 Å². The Morgan fingerprint density at radius 1 is 1.09 bits per heavy atom. The normalized spacial score (nSPS) is 11.4. The standard InChI is InChI=1S/C23H22N6O3/c1-13-26-19-5-3-15(11-20(19)27-13)29-23(24)17(12-25-29)22(30)21-10-14-9-16(32-8-7-31-2)4-6-18(14)28-21/h3-6,9-12,28H,7-8,24H2,1-2H3,(H,26,27). The fourth-order valence-electron chi connectivity index (χ4n) is 3.70. The number of carbonyl (C=O) groups excluding carboxylic acids is 1. The minimum Gasteiger partial charge on any atom is -0.491 e. The summed E-state index contributed by atoms with van der Waals surface area (Å²) in [6.07, 6.45) is 1.49. The number of aromatic nitrogens is 5. The summed E-state index contributed by atoms with van der Waals surface area (Å²) in [6.45, 7) is 2.86. The second kappa shape index (κ2) is 7.86. The van der Waals surface area contributed by atoms with Gasteiger partial charge in [-0.25, -0.2) is 9.67 Å². The van der Waals surface area contributed by atoms with Gasteiger partial charge in [-0.2, -0.15) is 5.10 Å². The number of ketones is 1. The van der Waals surface area contributed by atoms with Gasteiger partial charge in [-0.15, -0.1) is 0 Å². The zero-order valence-corrected chi connectivity index (χ0v) is 17.7. The molecule has 9 nitrogen and oxygen atoms in total. The van der Waals surface area contributed by atoms with Crippen LogP contribution in [0.25, 0.3) is 27.6 Å². The molecule has 32 heavy (non-hydrogen) atoms. The summed E-state index contributed by atoms with van der Waals surface area (Å²) in [5.41, 5.74) is 10.4. The van der Waals surface area contributed by atoms with Crippen LogP contribution in [0.15, 0.2) is 48.7 Å². The van der Waals surface area contributed by atoms with Crippen molar-refractivity contribution in [3.05, 3.63) is 65.7 Å². The smallest absolute Gasteiger partial charge is 0.214 e. The van der Waals surface area contributed by atoms with Crippen LogP contribution in [0.5, 0.6) is 5.75 Å². The van der Waals surface area contributed by atoms with Crippen molar-refractivity contribution in [2.75, 3.05) is 26.1 Å². The van der Waals surface area contributed by atoms with E-state index in [1.807, 2.05) is 43.3 Å². The molecule has 0 saturated heterocycles. The minimum atomic E-state index is -0.233. The van der Waals surface area contributed by atoms with Crippen LogP contribution in [0, 0.1) is 6.92 Å². The summed E-state index contributed by atoms with van der Waals surface area (Å²) >= 11 is 0. The van der Waals surface area contributed by atoms with E-state index < -0.39 is 0 Å². The van der Waals surface area contributed by atoms with Gasteiger partial charge in [0.2, 0.25) is 5.78 Å². The average molecular weight is 430 g/mol. The number of nitrogens with two attached hydrogens (primary N) is 1. The first-order valence-electron chi connectivity index (χ1n) is 10.1. The van der Waals surface area contributed by atoms with Gasteiger partial charge in [0, 0.05) is 18.0 Å².